The minimum absolute atomic E-state index is 0.0395. The number of aryl methyl sites for hydroxylation is 2. The van der Waals surface area contributed by atoms with Crippen molar-refractivity contribution in [2.45, 2.75) is 33.2 Å². The molecule has 0 spiro atoms. The quantitative estimate of drug-likeness (QED) is 0.852. The second-order valence-corrected chi connectivity index (χ2v) is 4.77. The number of rotatable bonds is 6. The van der Waals surface area contributed by atoms with E-state index >= 15 is 0 Å². The first-order chi connectivity index (χ1) is 10.1. The molecule has 2 aromatic heterocycles. The molecule has 0 fully saturated rings. The van der Waals surface area contributed by atoms with Gasteiger partial charge in [-0.1, -0.05) is 19.9 Å². The van der Waals surface area contributed by atoms with E-state index in [0.29, 0.717) is 12.4 Å². The molecular formula is C15H20N4O2. The molecule has 2 N–H and O–H groups in total. The Kier molecular flexibility index (Phi) is 4.57. The van der Waals surface area contributed by atoms with E-state index in [1.54, 1.807) is 12.1 Å². The van der Waals surface area contributed by atoms with E-state index in [-0.39, 0.29) is 5.69 Å². The number of nitrogens with one attached hydrogen (secondary N) is 1. The number of hydrogen-bond acceptors (Lipinski definition) is 4. The summed E-state index contributed by atoms with van der Waals surface area (Å²) in [4.78, 5) is 15.0. The average molecular weight is 288 g/mol. The molecule has 0 radical (unpaired) electrons. The molecule has 0 saturated heterocycles. The van der Waals surface area contributed by atoms with Crippen molar-refractivity contribution in [1.29, 1.82) is 0 Å². The third-order valence-electron chi connectivity index (χ3n) is 3.44. The second kappa shape index (κ2) is 6.39. The van der Waals surface area contributed by atoms with Gasteiger partial charge in [0.2, 0.25) is 0 Å². The molecule has 0 aliphatic carbocycles. The van der Waals surface area contributed by atoms with Crippen LogP contribution in [0.2, 0.25) is 0 Å². The fourth-order valence-corrected chi connectivity index (χ4v) is 2.43. The normalized spacial score (nSPS) is 10.6. The fraction of sp³-hybridized carbons (Fsp3) is 0.400. The summed E-state index contributed by atoms with van der Waals surface area (Å²) in [5, 5.41) is 16.7. The van der Waals surface area contributed by atoms with Crippen LogP contribution in [0, 0.1) is 0 Å². The summed E-state index contributed by atoms with van der Waals surface area (Å²) >= 11 is 0. The molecule has 6 nitrogen and oxygen atoms in total. The standard InChI is InChI=1S/C15H20N4O2/c1-4-11-10(13(5-2)19(3)18-11)9-16-14-8-6-7-12(17-14)15(20)21/h6-8H,4-5,9H2,1-3H3,(H,16,17)(H,20,21). The number of aromatic carboxylic acids is 1. The second-order valence-electron chi connectivity index (χ2n) is 4.77. The van der Waals surface area contributed by atoms with Crippen molar-refractivity contribution in [3.05, 3.63) is 40.8 Å². The SMILES string of the molecule is CCc1nn(C)c(CC)c1CNc1cccc(C(=O)O)n1. The molecule has 2 heterocycles. The van der Waals surface area contributed by atoms with E-state index in [2.05, 4.69) is 29.2 Å². The zero-order valence-corrected chi connectivity index (χ0v) is 12.6. The van der Waals surface area contributed by atoms with Crippen LogP contribution in [0.25, 0.3) is 0 Å². The van der Waals surface area contributed by atoms with Gasteiger partial charge in [0.05, 0.1) is 5.69 Å². The van der Waals surface area contributed by atoms with Crippen molar-refractivity contribution < 1.29 is 9.90 Å². The number of carbonyl (C=O) groups is 1. The van der Waals surface area contributed by atoms with Crippen molar-refractivity contribution in [2.75, 3.05) is 5.32 Å². The molecule has 0 aliphatic rings. The number of aromatic nitrogens is 3. The molecule has 0 unspecified atom stereocenters. The van der Waals surface area contributed by atoms with Gasteiger partial charge in [-0.05, 0) is 25.0 Å². The van der Waals surface area contributed by atoms with Gasteiger partial charge < -0.3 is 10.4 Å². The highest BCUT2D eigenvalue weighted by atomic mass is 16.4. The van der Waals surface area contributed by atoms with Gasteiger partial charge in [0.15, 0.2) is 5.69 Å². The Bertz CT molecular complexity index is 649. The molecule has 2 rings (SSSR count). The molecule has 0 aromatic carbocycles. The number of nitrogens with zero attached hydrogens (tertiary/aromatic N) is 3. The predicted octanol–water partition coefficient (Wildman–Crippen LogP) is 2.25. The Morgan fingerprint density at radius 2 is 2.10 bits per heavy atom. The first-order valence-electron chi connectivity index (χ1n) is 7.04. The van der Waals surface area contributed by atoms with Crippen LogP contribution in [-0.4, -0.2) is 25.8 Å². The van der Waals surface area contributed by atoms with Gasteiger partial charge in [-0.15, -0.1) is 0 Å². The minimum atomic E-state index is -1.02. The largest absolute Gasteiger partial charge is 0.477 e. The predicted molar refractivity (Wildman–Crippen MR) is 80.5 cm³/mol. The summed E-state index contributed by atoms with van der Waals surface area (Å²) in [6.07, 6.45) is 1.77. The Morgan fingerprint density at radius 3 is 2.71 bits per heavy atom. The summed E-state index contributed by atoms with van der Waals surface area (Å²) < 4.78 is 1.91. The molecule has 21 heavy (non-hydrogen) atoms. The first kappa shape index (κ1) is 15.0. The van der Waals surface area contributed by atoms with Crippen molar-refractivity contribution in [1.82, 2.24) is 14.8 Å². The van der Waals surface area contributed by atoms with Gasteiger partial charge in [0.25, 0.3) is 0 Å². The third kappa shape index (κ3) is 3.21. The lowest BCUT2D eigenvalue weighted by atomic mass is 10.1. The van der Waals surface area contributed by atoms with Crippen LogP contribution < -0.4 is 5.32 Å². The van der Waals surface area contributed by atoms with Crippen LogP contribution >= 0.6 is 0 Å². The highest BCUT2D eigenvalue weighted by molar-refractivity contribution is 5.85. The number of pyridine rings is 1. The number of hydrogen-bond donors (Lipinski definition) is 2. The van der Waals surface area contributed by atoms with E-state index in [4.69, 9.17) is 5.11 Å². The zero-order chi connectivity index (χ0) is 15.4. The van der Waals surface area contributed by atoms with Crippen LogP contribution in [0.4, 0.5) is 5.82 Å². The van der Waals surface area contributed by atoms with Gasteiger partial charge in [-0.3, -0.25) is 4.68 Å². The van der Waals surface area contributed by atoms with Crippen LogP contribution in [0.5, 0.6) is 0 Å². The van der Waals surface area contributed by atoms with Crippen LogP contribution in [-0.2, 0) is 26.4 Å². The van der Waals surface area contributed by atoms with Gasteiger partial charge in [-0.2, -0.15) is 5.10 Å². The first-order valence-corrected chi connectivity index (χ1v) is 7.04. The van der Waals surface area contributed by atoms with Crippen LogP contribution in [0.3, 0.4) is 0 Å². The Balaban J connectivity index is 2.20. The maximum atomic E-state index is 10.9. The van der Waals surface area contributed by atoms with E-state index in [1.807, 2.05) is 11.7 Å². The van der Waals surface area contributed by atoms with E-state index in [9.17, 15) is 4.79 Å². The smallest absolute Gasteiger partial charge is 0.354 e. The summed E-state index contributed by atoms with van der Waals surface area (Å²) in [5.41, 5.74) is 3.47. The van der Waals surface area contributed by atoms with Crippen LogP contribution in [0.15, 0.2) is 18.2 Å². The van der Waals surface area contributed by atoms with Crippen molar-refractivity contribution in [3.63, 3.8) is 0 Å². The lowest BCUT2D eigenvalue weighted by Gasteiger charge is -2.08. The summed E-state index contributed by atoms with van der Waals surface area (Å²) in [5.74, 6) is -0.466. The molecule has 0 bridgehead atoms. The minimum Gasteiger partial charge on any atom is -0.477 e. The molecule has 112 valence electrons. The lowest BCUT2D eigenvalue weighted by molar-refractivity contribution is 0.0690. The topological polar surface area (TPSA) is 80.0 Å². The van der Waals surface area contributed by atoms with Gasteiger partial charge in [0, 0.05) is 24.8 Å². The van der Waals surface area contributed by atoms with E-state index in [0.717, 1.165) is 18.5 Å². The summed E-state index contributed by atoms with van der Waals surface area (Å²) in [7, 11) is 1.95. The fourth-order valence-electron chi connectivity index (χ4n) is 2.43. The van der Waals surface area contributed by atoms with Crippen molar-refractivity contribution in [2.24, 2.45) is 7.05 Å². The lowest BCUT2D eigenvalue weighted by Crippen LogP contribution is -2.08. The molecule has 6 heteroatoms. The molecule has 2 aromatic rings. The van der Waals surface area contributed by atoms with Gasteiger partial charge >= 0.3 is 5.97 Å². The monoisotopic (exact) mass is 288 g/mol. The molecular weight excluding hydrogens is 268 g/mol. The molecule has 0 amide bonds. The highest BCUT2D eigenvalue weighted by Crippen LogP contribution is 2.17. The van der Waals surface area contributed by atoms with Crippen molar-refractivity contribution in [3.8, 4) is 0 Å². The number of carboxylic acids is 1. The Hall–Kier alpha value is -2.37. The summed E-state index contributed by atoms with van der Waals surface area (Å²) in [6, 6.07) is 4.93. The summed E-state index contributed by atoms with van der Waals surface area (Å²) in [6.45, 7) is 4.77. The average Bonchev–Trinajstić information content (AvgIpc) is 2.80. The maximum absolute atomic E-state index is 10.9. The third-order valence-corrected chi connectivity index (χ3v) is 3.44. The van der Waals surface area contributed by atoms with Gasteiger partial charge in [0.1, 0.15) is 5.82 Å². The van der Waals surface area contributed by atoms with E-state index in [1.165, 1.54) is 17.3 Å². The highest BCUT2D eigenvalue weighted by Gasteiger charge is 2.13. The maximum Gasteiger partial charge on any atom is 0.354 e. The molecule has 0 aliphatic heterocycles. The Labute approximate surface area is 123 Å². The zero-order valence-electron chi connectivity index (χ0n) is 12.6. The van der Waals surface area contributed by atoms with E-state index < -0.39 is 5.97 Å². The number of carboxylic acid groups (broad SMARTS) is 1. The van der Waals surface area contributed by atoms with Crippen LogP contribution in [0.1, 0.15) is 41.3 Å². The molecule has 0 saturated carbocycles. The molecule has 0 atom stereocenters. The van der Waals surface area contributed by atoms with Crippen molar-refractivity contribution >= 4 is 11.8 Å². The Morgan fingerprint density at radius 1 is 1.33 bits per heavy atom. The number of anilines is 1. The van der Waals surface area contributed by atoms with Gasteiger partial charge in [-0.25, -0.2) is 9.78 Å².